The quantitative estimate of drug-likeness (QED) is 0.903. The topological polar surface area (TPSA) is 66.8 Å². The summed E-state index contributed by atoms with van der Waals surface area (Å²) in [6, 6.07) is 1.33. The first-order valence-corrected chi connectivity index (χ1v) is 6.36. The highest BCUT2D eigenvalue weighted by Gasteiger charge is 2.34. The van der Waals surface area contributed by atoms with E-state index in [-0.39, 0.29) is 35.9 Å². The number of aliphatic carboxylic acids is 1. The molecule has 0 aromatic heterocycles. The zero-order chi connectivity index (χ0) is 14.9. The second-order valence-electron chi connectivity index (χ2n) is 4.51. The summed E-state index contributed by atoms with van der Waals surface area (Å²) in [7, 11) is 0. The fraction of sp³-hybridized carbons (Fsp3) is 0.385. The van der Waals surface area contributed by atoms with Gasteiger partial charge in [0.05, 0.1) is 23.8 Å². The minimum atomic E-state index is -1.15. The van der Waals surface area contributed by atoms with Gasteiger partial charge in [0.2, 0.25) is 0 Å². The molecule has 1 heterocycles. The predicted molar refractivity (Wildman–Crippen MR) is 69.4 cm³/mol. The van der Waals surface area contributed by atoms with Gasteiger partial charge in [-0.1, -0.05) is 11.6 Å². The van der Waals surface area contributed by atoms with Gasteiger partial charge in [0.1, 0.15) is 5.82 Å². The van der Waals surface area contributed by atoms with Crippen molar-refractivity contribution in [3.63, 3.8) is 0 Å². The maximum Gasteiger partial charge on any atom is 0.328 e. The molecule has 1 aliphatic heterocycles. The van der Waals surface area contributed by atoms with Crippen LogP contribution in [-0.4, -0.2) is 47.7 Å². The Hall–Kier alpha value is -1.66. The molecule has 0 saturated carbocycles. The summed E-state index contributed by atoms with van der Waals surface area (Å²) in [5.74, 6) is -2.19. The highest BCUT2D eigenvalue weighted by Crippen LogP contribution is 2.23. The molecule has 1 unspecified atom stereocenters. The molecule has 1 fully saturated rings. The molecule has 1 aromatic carbocycles. The van der Waals surface area contributed by atoms with Crippen molar-refractivity contribution < 1.29 is 23.8 Å². The lowest BCUT2D eigenvalue weighted by molar-refractivity contribution is -0.147. The Bertz CT molecular complexity index is 564. The summed E-state index contributed by atoms with van der Waals surface area (Å²) in [6.07, 6.45) is 0. The van der Waals surface area contributed by atoms with Crippen LogP contribution in [0.4, 0.5) is 4.39 Å². The van der Waals surface area contributed by atoms with Crippen LogP contribution in [0.25, 0.3) is 0 Å². The van der Waals surface area contributed by atoms with E-state index in [2.05, 4.69) is 0 Å². The van der Waals surface area contributed by atoms with Crippen LogP contribution >= 0.6 is 11.6 Å². The molecular formula is C13H13ClFNO4. The van der Waals surface area contributed by atoms with Gasteiger partial charge < -0.3 is 14.7 Å². The minimum Gasteiger partial charge on any atom is -0.480 e. The van der Waals surface area contributed by atoms with Crippen LogP contribution in [-0.2, 0) is 9.53 Å². The van der Waals surface area contributed by atoms with Crippen LogP contribution in [0.1, 0.15) is 15.9 Å². The molecule has 0 bridgehead atoms. The molecule has 0 radical (unpaired) electrons. The lowest BCUT2D eigenvalue weighted by Gasteiger charge is -2.33. The van der Waals surface area contributed by atoms with Crippen LogP contribution in [0, 0.1) is 12.7 Å². The molecule has 1 amide bonds. The van der Waals surface area contributed by atoms with Crippen LogP contribution in [0.3, 0.4) is 0 Å². The Kier molecular flexibility index (Phi) is 4.25. The van der Waals surface area contributed by atoms with E-state index in [1.54, 1.807) is 0 Å². The molecule has 2 rings (SSSR count). The van der Waals surface area contributed by atoms with Crippen molar-refractivity contribution in [2.75, 3.05) is 19.8 Å². The van der Waals surface area contributed by atoms with Crippen LogP contribution in [0.2, 0.25) is 5.02 Å². The van der Waals surface area contributed by atoms with Crippen molar-refractivity contribution in [1.29, 1.82) is 0 Å². The second kappa shape index (κ2) is 5.76. The van der Waals surface area contributed by atoms with Gasteiger partial charge in [-0.05, 0) is 24.6 Å². The number of hydrogen-bond donors (Lipinski definition) is 1. The molecule has 0 aliphatic carbocycles. The summed E-state index contributed by atoms with van der Waals surface area (Å²) in [4.78, 5) is 24.7. The van der Waals surface area contributed by atoms with E-state index in [0.29, 0.717) is 0 Å². The van der Waals surface area contributed by atoms with Crippen LogP contribution in [0.5, 0.6) is 0 Å². The summed E-state index contributed by atoms with van der Waals surface area (Å²) in [5.41, 5.74) is 0.372. The number of carbonyl (C=O) groups excluding carboxylic acids is 1. The number of benzene rings is 1. The van der Waals surface area contributed by atoms with Gasteiger partial charge >= 0.3 is 5.97 Å². The van der Waals surface area contributed by atoms with Gasteiger partial charge in [-0.3, -0.25) is 4.79 Å². The summed E-state index contributed by atoms with van der Waals surface area (Å²) >= 11 is 5.88. The summed E-state index contributed by atoms with van der Waals surface area (Å²) < 4.78 is 18.4. The number of carbonyl (C=O) groups is 2. The van der Waals surface area contributed by atoms with Gasteiger partial charge in [-0.25, -0.2) is 9.18 Å². The lowest BCUT2D eigenvalue weighted by atomic mass is 10.1. The standard InChI is InChI=1S/C13H13ClFNO4/c1-7-4-8(9(14)5-10(7)15)12(17)16-2-3-20-6-11(16)13(18)19/h4-5,11H,2-3,6H2,1H3,(H,18,19). The number of amides is 1. The first-order valence-electron chi connectivity index (χ1n) is 5.99. The average Bonchev–Trinajstić information content (AvgIpc) is 2.42. The normalized spacial score (nSPS) is 18.9. The smallest absolute Gasteiger partial charge is 0.328 e. The number of aryl methyl sites for hydroxylation is 1. The van der Waals surface area contributed by atoms with Crippen LogP contribution < -0.4 is 0 Å². The van der Waals surface area contributed by atoms with E-state index < -0.39 is 23.7 Å². The number of halogens is 2. The maximum absolute atomic E-state index is 13.3. The largest absolute Gasteiger partial charge is 0.480 e. The highest BCUT2D eigenvalue weighted by molar-refractivity contribution is 6.33. The van der Waals surface area contributed by atoms with E-state index in [9.17, 15) is 14.0 Å². The van der Waals surface area contributed by atoms with Crippen molar-refractivity contribution in [2.24, 2.45) is 0 Å². The number of morpholine rings is 1. The molecule has 108 valence electrons. The molecule has 1 atom stereocenters. The van der Waals surface area contributed by atoms with Crippen molar-refractivity contribution in [3.05, 3.63) is 34.1 Å². The van der Waals surface area contributed by atoms with Crippen molar-refractivity contribution in [2.45, 2.75) is 13.0 Å². The maximum atomic E-state index is 13.3. The molecule has 5 nitrogen and oxygen atoms in total. The fourth-order valence-corrected chi connectivity index (χ4v) is 2.26. The highest BCUT2D eigenvalue weighted by atomic mass is 35.5. The average molecular weight is 302 g/mol. The third-order valence-corrected chi connectivity index (χ3v) is 3.47. The van der Waals surface area contributed by atoms with Gasteiger partial charge in [0.15, 0.2) is 6.04 Å². The SMILES string of the molecule is Cc1cc(C(=O)N2CCOCC2C(=O)O)c(Cl)cc1F. The van der Waals surface area contributed by atoms with Gasteiger partial charge in [0, 0.05) is 6.54 Å². The van der Waals surface area contributed by atoms with Crippen LogP contribution in [0.15, 0.2) is 12.1 Å². The second-order valence-corrected chi connectivity index (χ2v) is 4.92. The summed E-state index contributed by atoms with van der Waals surface area (Å²) in [5, 5.41) is 9.07. The number of carboxylic acids is 1. The Balaban J connectivity index is 2.34. The zero-order valence-corrected chi connectivity index (χ0v) is 11.5. The number of ether oxygens (including phenoxy) is 1. The van der Waals surface area contributed by atoms with Crippen molar-refractivity contribution in [3.8, 4) is 0 Å². The number of hydrogen-bond acceptors (Lipinski definition) is 3. The number of rotatable bonds is 2. The Morgan fingerprint density at radius 3 is 2.85 bits per heavy atom. The molecule has 1 saturated heterocycles. The monoisotopic (exact) mass is 301 g/mol. The van der Waals surface area contributed by atoms with E-state index >= 15 is 0 Å². The first-order chi connectivity index (χ1) is 9.41. The molecular weight excluding hydrogens is 289 g/mol. The third kappa shape index (κ3) is 2.76. The van der Waals surface area contributed by atoms with E-state index in [0.717, 1.165) is 6.07 Å². The first kappa shape index (κ1) is 14.7. The van der Waals surface area contributed by atoms with Crippen molar-refractivity contribution >= 4 is 23.5 Å². The predicted octanol–water partition coefficient (Wildman–Crippen LogP) is 1.71. The molecule has 1 aliphatic rings. The summed E-state index contributed by atoms with van der Waals surface area (Å²) in [6.45, 7) is 1.85. The van der Waals surface area contributed by atoms with Gasteiger partial charge in [0.25, 0.3) is 5.91 Å². The van der Waals surface area contributed by atoms with Gasteiger partial charge in [-0.2, -0.15) is 0 Å². The number of nitrogens with zero attached hydrogens (tertiary/aromatic N) is 1. The Labute approximate surface area is 119 Å². The Morgan fingerprint density at radius 1 is 1.50 bits per heavy atom. The molecule has 20 heavy (non-hydrogen) atoms. The minimum absolute atomic E-state index is 0.0336. The van der Waals surface area contributed by atoms with E-state index in [1.165, 1.54) is 17.9 Å². The molecule has 0 spiro atoms. The van der Waals surface area contributed by atoms with E-state index in [1.807, 2.05) is 0 Å². The zero-order valence-electron chi connectivity index (χ0n) is 10.7. The Morgan fingerprint density at radius 2 is 2.20 bits per heavy atom. The lowest BCUT2D eigenvalue weighted by Crippen LogP contribution is -2.52. The van der Waals surface area contributed by atoms with Gasteiger partial charge in [-0.15, -0.1) is 0 Å². The fourth-order valence-electron chi connectivity index (χ4n) is 2.03. The molecule has 1 N–H and O–H groups in total. The molecule has 7 heteroatoms. The van der Waals surface area contributed by atoms with E-state index in [4.69, 9.17) is 21.4 Å². The van der Waals surface area contributed by atoms with Crippen molar-refractivity contribution in [1.82, 2.24) is 4.90 Å². The molecule has 1 aromatic rings. The third-order valence-electron chi connectivity index (χ3n) is 3.15. The number of carboxylic acid groups (broad SMARTS) is 1.